The molecule has 0 saturated carbocycles. The maximum absolute atomic E-state index is 4.87. The van der Waals surface area contributed by atoms with E-state index in [4.69, 9.17) is 4.52 Å². The van der Waals surface area contributed by atoms with Gasteiger partial charge in [0.1, 0.15) is 0 Å². The third-order valence-electron chi connectivity index (χ3n) is 1.24. The van der Waals surface area contributed by atoms with E-state index in [2.05, 4.69) is 27.3 Å². The van der Waals surface area contributed by atoms with E-state index in [0.717, 1.165) is 0 Å². The first-order valence-corrected chi connectivity index (χ1v) is 3.72. The Balaban J connectivity index is 2.27. The Kier molecular flexibility index (Phi) is 3.30. The molecule has 1 heterocycles. The highest BCUT2D eigenvalue weighted by molar-refractivity contribution is 4.97. The van der Waals surface area contributed by atoms with Crippen LogP contribution in [-0.4, -0.2) is 16.7 Å². The van der Waals surface area contributed by atoms with Gasteiger partial charge in [0, 0.05) is 0 Å². The molecule has 4 nitrogen and oxygen atoms in total. The van der Waals surface area contributed by atoms with E-state index in [0.29, 0.717) is 24.8 Å². The predicted octanol–water partition coefficient (Wildman–Crippen LogP) is 0.491. The van der Waals surface area contributed by atoms with Gasteiger partial charge in [0.25, 0.3) is 0 Å². The molecule has 4 heteroatoms. The Morgan fingerprint density at radius 3 is 3.00 bits per heavy atom. The Hall–Kier alpha value is -1.34. The minimum Gasteiger partial charge on any atom is -0.338 e. The predicted molar refractivity (Wildman–Crippen MR) is 44.2 cm³/mol. The van der Waals surface area contributed by atoms with Gasteiger partial charge in [-0.2, -0.15) is 4.98 Å². The van der Waals surface area contributed by atoms with Crippen molar-refractivity contribution >= 4 is 0 Å². The van der Waals surface area contributed by atoms with Gasteiger partial charge in [-0.1, -0.05) is 11.1 Å². The highest BCUT2D eigenvalue weighted by Crippen LogP contribution is 1.93. The minimum atomic E-state index is 0.579. The SMILES string of the molecule is CC#CCNCc1nc(C)no1. The van der Waals surface area contributed by atoms with Gasteiger partial charge in [-0.05, 0) is 13.8 Å². The Bertz CT molecular complexity index is 295. The maximum Gasteiger partial charge on any atom is 0.240 e. The van der Waals surface area contributed by atoms with Crippen molar-refractivity contribution in [2.45, 2.75) is 20.4 Å². The second-order valence-corrected chi connectivity index (χ2v) is 2.27. The van der Waals surface area contributed by atoms with Crippen molar-refractivity contribution in [1.82, 2.24) is 15.5 Å². The molecule has 0 aliphatic rings. The molecule has 1 aromatic heterocycles. The summed E-state index contributed by atoms with van der Waals surface area (Å²) in [6.07, 6.45) is 0. The van der Waals surface area contributed by atoms with Gasteiger partial charge in [-0.15, -0.1) is 5.92 Å². The molecule has 0 spiro atoms. The molecule has 0 fully saturated rings. The molecule has 0 bridgehead atoms. The molecule has 1 aromatic rings. The second kappa shape index (κ2) is 4.52. The number of rotatable bonds is 3. The van der Waals surface area contributed by atoms with Crippen molar-refractivity contribution in [2.75, 3.05) is 6.54 Å². The fraction of sp³-hybridized carbons (Fsp3) is 0.500. The van der Waals surface area contributed by atoms with Crippen molar-refractivity contribution < 1.29 is 4.52 Å². The first-order valence-electron chi connectivity index (χ1n) is 3.72. The van der Waals surface area contributed by atoms with Gasteiger partial charge in [0.2, 0.25) is 5.89 Å². The molecule has 12 heavy (non-hydrogen) atoms. The van der Waals surface area contributed by atoms with Gasteiger partial charge in [0.05, 0.1) is 13.1 Å². The third-order valence-corrected chi connectivity index (χ3v) is 1.24. The van der Waals surface area contributed by atoms with E-state index in [9.17, 15) is 0 Å². The number of aromatic nitrogens is 2. The van der Waals surface area contributed by atoms with E-state index >= 15 is 0 Å². The lowest BCUT2D eigenvalue weighted by atomic mass is 10.5. The average Bonchev–Trinajstić information content (AvgIpc) is 2.45. The van der Waals surface area contributed by atoms with Crippen molar-refractivity contribution in [3.05, 3.63) is 11.7 Å². The Morgan fingerprint density at radius 2 is 2.42 bits per heavy atom. The zero-order valence-corrected chi connectivity index (χ0v) is 7.22. The summed E-state index contributed by atoms with van der Waals surface area (Å²) in [5.74, 6) is 6.92. The number of aryl methyl sites for hydroxylation is 1. The fourth-order valence-corrected chi connectivity index (χ4v) is 0.732. The lowest BCUT2D eigenvalue weighted by molar-refractivity contribution is 0.367. The zero-order chi connectivity index (χ0) is 8.81. The third kappa shape index (κ3) is 2.72. The van der Waals surface area contributed by atoms with Crippen LogP contribution < -0.4 is 5.32 Å². The molecule has 0 unspecified atom stereocenters. The highest BCUT2D eigenvalue weighted by Gasteiger charge is 1.99. The van der Waals surface area contributed by atoms with Crippen LogP contribution in [0.25, 0.3) is 0 Å². The summed E-state index contributed by atoms with van der Waals surface area (Å²) in [5, 5.41) is 6.70. The summed E-state index contributed by atoms with van der Waals surface area (Å²) >= 11 is 0. The number of nitrogens with zero attached hydrogens (tertiary/aromatic N) is 2. The normalized spacial score (nSPS) is 9.17. The second-order valence-electron chi connectivity index (χ2n) is 2.27. The number of hydrogen-bond donors (Lipinski definition) is 1. The molecule has 0 atom stereocenters. The quantitative estimate of drug-likeness (QED) is 0.523. The average molecular weight is 165 g/mol. The van der Waals surface area contributed by atoms with Crippen LogP contribution in [0.4, 0.5) is 0 Å². The van der Waals surface area contributed by atoms with E-state index < -0.39 is 0 Å². The molecule has 0 saturated heterocycles. The van der Waals surface area contributed by atoms with E-state index in [1.165, 1.54) is 0 Å². The van der Waals surface area contributed by atoms with E-state index in [1.54, 1.807) is 13.8 Å². The molecular weight excluding hydrogens is 154 g/mol. The molecule has 0 aliphatic heterocycles. The van der Waals surface area contributed by atoms with Crippen LogP contribution in [0.15, 0.2) is 4.52 Å². The van der Waals surface area contributed by atoms with E-state index in [1.807, 2.05) is 0 Å². The smallest absolute Gasteiger partial charge is 0.240 e. The zero-order valence-electron chi connectivity index (χ0n) is 7.22. The first-order chi connectivity index (χ1) is 5.83. The summed E-state index contributed by atoms with van der Waals surface area (Å²) in [7, 11) is 0. The number of nitrogens with one attached hydrogen (secondary N) is 1. The molecule has 0 aliphatic carbocycles. The summed E-state index contributed by atoms with van der Waals surface area (Å²) < 4.78 is 4.87. The van der Waals surface area contributed by atoms with Gasteiger partial charge in [-0.3, -0.25) is 5.32 Å². The minimum absolute atomic E-state index is 0.579. The van der Waals surface area contributed by atoms with Crippen LogP contribution in [0, 0.1) is 18.8 Å². The van der Waals surface area contributed by atoms with Crippen LogP contribution in [0.1, 0.15) is 18.6 Å². The lowest BCUT2D eigenvalue weighted by Crippen LogP contribution is -2.13. The molecule has 1 rings (SSSR count). The van der Waals surface area contributed by atoms with Crippen LogP contribution >= 0.6 is 0 Å². The molecule has 64 valence electrons. The largest absolute Gasteiger partial charge is 0.338 e. The topological polar surface area (TPSA) is 51.0 Å². The molecule has 0 aromatic carbocycles. The van der Waals surface area contributed by atoms with Gasteiger partial charge in [0.15, 0.2) is 5.82 Å². The molecule has 0 radical (unpaired) electrons. The van der Waals surface area contributed by atoms with Crippen molar-refractivity contribution in [1.29, 1.82) is 0 Å². The van der Waals surface area contributed by atoms with Gasteiger partial charge >= 0.3 is 0 Å². The summed E-state index contributed by atoms with van der Waals surface area (Å²) in [4.78, 5) is 4.02. The van der Waals surface area contributed by atoms with Gasteiger partial charge < -0.3 is 4.52 Å². The Labute approximate surface area is 71.4 Å². The fourth-order valence-electron chi connectivity index (χ4n) is 0.732. The van der Waals surface area contributed by atoms with Crippen molar-refractivity contribution in [2.24, 2.45) is 0 Å². The van der Waals surface area contributed by atoms with Crippen LogP contribution in [0.5, 0.6) is 0 Å². The van der Waals surface area contributed by atoms with Crippen molar-refractivity contribution in [3.63, 3.8) is 0 Å². The lowest BCUT2D eigenvalue weighted by Gasteiger charge is -1.91. The first kappa shape index (κ1) is 8.75. The Morgan fingerprint density at radius 1 is 1.58 bits per heavy atom. The molecular formula is C8H11N3O. The van der Waals surface area contributed by atoms with Crippen molar-refractivity contribution in [3.8, 4) is 11.8 Å². The van der Waals surface area contributed by atoms with Crippen LogP contribution in [0.3, 0.4) is 0 Å². The summed E-state index contributed by atoms with van der Waals surface area (Å²) in [5.41, 5.74) is 0. The summed E-state index contributed by atoms with van der Waals surface area (Å²) in [6.45, 7) is 4.82. The van der Waals surface area contributed by atoms with Crippen LogP contribution in [-0.2, 0) is 6.54 Å². The standard InChI is InChI=1S/C8H11N3O/c1-3-4-5-9-6-8-10-7(2)11-12-8/h9H,5-6H2,1-2H3. The summed E-state index contributed by atoms with van der Waals surface area (Å²) in [6, 6.07) is 0. The molecule has 1 N–H and O–H groups in total. The monoisotopic (exact) mass is 165 g/mol. The maximum atomic E-state index is 4.87. The van der Waals surface area contributed by atoms with Gasteiger partial charge in [-0.25, -0.2) is 0 Å². The molecule has 0 amide bonds. The van der Waals surface area contributed by atoms with Crippen LogP contribution in [0.2, 0.25) is 0 Å². The highest BCUT2D eigenvalue weighted by atomic mass is 16.5. The van der Waals surface area contributed by atoms with E-state index in [-0.39, 0.29) is 0 Å². The number of hydrogen-bond acceptors (Lipinski definition) is 4.